The van der Waals surface area contributed by atoms with E-state index >= 15 is 0 Å². The molecule has 0 unspecified atom stereocenters. The van der Waals surface area contributed by atoms with Crippen LogP contribution in [0, 0.1) is 0 Å². The van der Waals surface area contributed by atoms with E-state index in [1.54, 1.807) is 13.4 Å². The number of amides is 1. The average Bonchev–Trinajstić information content (AvgIpc) is 2.96. The molecule has 0 bridgehead atoms. The summed E-state index contributed by atoms with van der Waals surface area (Å²) >= 11 is 0. The van der Waals surface area contributed by atoms with Gasteiger partial charge in [0.25, 0.3) is 0 Å². The lowest BCUT2D eigenvalue weighted by Gasteiger charge is -2.15. The molecule has 1 heterocycles. The largest absolute Gasteiger partial charge is 0.496 e. The predicted molar refractivity (Wildman–Crippen MR) is 83.6 cm³/mol. The van der Waals surface area contributed by atoms with Crippen molar-refractivity contribution in [3.05, 3.63) is 42.0 Å². The van der Waals surface area contributed by atoms with Crippen molar-refractivity contribution >= 4 is 5.91 Å². The summed E-state index contributed by atoms with van der Waals surface area (Å²) in [4.78, 5) is 12.2. The SMILES string of the molecule is CCCn1cnnc1[C@H](C)NC(=O)Cc1ccccc1OC. The number of rotatable bonds is 7. The van der Waals surface area contributed by atoms with Crippen LogP contribution in [0.1, 0.15) is 37.7 Å². The average molecular weight is 302 g/mol. The van der Waals surface area contributed by atoms with Crippen molar-refractivity contribution < 1.29 is 9.53 Å². The normalized spacial score (nSPS) is 12.0. The molecule has 2 aromatic rings. The number of methoxy groups -OCH3 is 1. The van der Waals surface area contributed by atoms with E-state index in [2.05, 4.69) is 22.4 Å². The number of aromatic nitrogens is 3. The third kappa shape index (κ3) is 3.84. The van der Waals surface area contributed by atoms with Gasteiger partial charge in [-0.05, 0) is 19.4 Å². The summed E-state index contributed by atoms with van der Waals surface area (Å²) in [5.41, 5.74) is 0.865. The van der Waals surface area contributed by atoms with Gasteiger partial charge in [-0.3, -0.25) is 4.79 Å². The fourth-order valence-electron chi connectivity index (χ4n) is 2.39. The van der Waals surface area contributed by atoms with Crippen LogP contribution in [0.4, 0.5) is 0 Å². The number of ether oxygens (including phenoxy) is 1. The van der Waals surface area contributed by atoms with Gasteiger partial charge in [0.1, 0.15) is 12.1 Å². The number of nitrogens with one attached hydrogen (secondary N) is 1. The van der Waals surface area contributed by atoms with Crippen LogP contribution < -0.4 is 10.1 Å². The number of para-hydroxylation sites is 1. The zero-order valence-electron chi connectivity index (χ0n) is 13.2. The first-order chi connectivity index (χ1) is 10.7. The van der Waals surface area contributed by atoms with Gasteiger partial charge in [-0.2, -0.15) is 0 Å². The van der Waals surface area contributed by atoms with Crippen molar-refractivity contribution in [2.75, 3.05) is 7.11 Å². The number of hydrogen-bond donors (Lipinski definition) is 1. The zero-order valence-corrected chi connectivity index (χ0v) is 13.2. The van der Waals surface area contributed by atoms with Crippen LogP contribution in [-0.4, -0.2) is 27.8 Å². The van der Waals surface area contributed by atoms with E-state index in [1.165, 1.54) is 0 Å². The number of aryl methyl sites for hydroxylation is 1. The topological polar surface area (TPSA) is 69.0 Å². The molecule has 1 aromatic carbocycles. The van der Waals surface area contributed by atoms with Gasteiger partial charge < -0.3 is 14.6 Å². The lowest BCUT2D eigenvalue weighted by Crippen LogP contribution is -2.30. The highest BCUT2D eigenvalue weighted by Gasteiger charge is 2.16. The highest BCUT2D eigenvalue weighted by atomic mass is 16.5. The molecule has 1 atom stereocenters. The van der Waals surface area contributed by atoms with E-state index < -0.39 is 0 Å². The third-order valence-corrected chi connectivity index (χ3v) is 3.42. The van der Waals surface area contributed by atoms with Gasteiger partial charge in [-0.15, -0.1) is 10.2 Å². The molecule has 0 radical (unpaired) electrons. The van der Waals surface area contributed by atoms with Crippen LogP contribution >= 0.6 is 0 Å². The Bertz CT molecular complexity index is 624. The first-order valence-corrected chi connectivity index (χ1v) is 7.44. The highest BCUT2D eigenvalue weighted by Crippen LogP contribution is 2.18. The summed E-state index contributed by atoms with van der Waals surface area (Å²) in [6.45, 7) is 4.85. The molecular formula is C16H22N4O2. The maximum atomic E-state index is 12.2. The smallest absolute Gasteiger partial charge is 0.225 e. The Morgan fingerprint density at radius 1 is 1.41 bits per heavy atom. The molecule has 0 aliphatic heterocycles. The Hall–Kier alpha value is -2.37. The van der Waals surface area contributed by atoms with Crippen molar-refractivity contribution in [3.8, 4) is 5.75 Å². The number of carbonyl (C=O) groups excluding carboxylic acids is 1. The molecule has 22 heavy (non-hydrogen) atoms. The molecule has 6 heteroatoms. The number of hydrogen-bond acceptors (Lipinski definition) is 4. The first kappa shape index (κ1) is 16.0. The molecular weight excluding hydrogens is 280 g/mol. The van der Waals surface area contributed by atoms with Gasteiger partial charge in [0.2, 0.25) is 5.91 Å². The Kier molecular flexibility index (Phi) is 5.52. The third-order valence-electron chi connectivity index (χ3n) is 3.42. The van der Waals surface area contributed by atoms with Crippen LogP contribution in [-0.2, 0) is 17.8 Å². The van der Waals surface area contributed by atoms with Gasteiger partial charge in [0.15, 0.2) is 5.82 Å². The molecule has 118 valence electrons. The van der Waals surface area contributed by atoms with Crippen molar-refractivity contribution in [3.63, 3.8) is 0 Å². The molecule has 1 amide bonds. The molecule has 1 aromatic heterocycles. The molecule has 0 aliphatic rings. The summed E-state index contributed by atoms with van der Waals surface area (Å²) in [7, 11) is 1.60. The minimum absolute atomic E-state index is 0.0666. The Labute approximate surface area is 130 Å². The Morgan fingerprint density at radius 3 is 2.91 bits per heavy atom. The van der Waals surface area contributed by atoms with E-state index in [4.69, 9.17) is 4.74 Å². The maximum absolute atomic E-state index is 12.2. The minimum atomic E-state index is -0.184. The van der Waals surface area contributed by atoms with E-state index in [1.807, 2.05) is 35.8 Å². The quantitative estimate of drug-likeness (QED) is 0.850. The van der Waals surface area contributed by atoms with Crippen LogP contribution in [0.5, 0.6) is 5.75 Å². The fraction of sp³-hybridized carbons (Fsp3) is 0.438. The number of carbonyl (C=O) groups is 1. The maximum Gasteiger partial charge on any atom is 0.225 e. The molecule has 0 spiro atoms. The zero-order chi connectivity index (χ0) is 15.9. The first-order valence-electron chi connectivity index (χ1n) is 7.44. The van der Waals surface area contributed by atoms with Crippen molar-refractivity contribution in [2.24, 2.45) is 0 Å². The molecule has 6 nitrogen and oxygen atoms in total. The monoisotopic (exact) mass is 302 g/mol. The van der Waals surface area contributed by atoms with Gasteiger partial charge in [0.05, 0.1) is 19.6 Å². The minimum Gasteiger partial charge on any atom is -0.496 e. The van der Waals surface area contributed by atoms with Crippen LogP contribution in [0.2, 0.25) is 0 Å². The second-order valence-electron chi connectivity index (χ2n) is 5.16. The fourth-order valence-corrected chi connectivity index (χ4v) is 2.39. The summed E-state index contributed by atoms with van der Waals surface area (Å²) in [5.74, 6) is 1.43. The van der Waals surface area contributed by atoms with Gasteiger partial charge in [-0.1, -0.05) is 25.1 Å². The number of nitrogens with zero attached hydrogens (tertiary/aromatic N) is 3. The molecule has 0 saturated carbocycles. The molecule has 0 aliphatic carbocycles. The highest BCUT2D eigenvalue weighted by molar-refractivity contribution is 5.79. The van der Waals surface area contributed by atoms with E-state index in [0.717, 1.165) is 30.1 Å². The predicted octanol–water partition coefficient (Wildman–Crippen LogP) is 2.12. The molecule has 2 rings (SSSR count). The molecule has 0 saturated heterocycles. The van der Waals surface area contributed by atoms with E-state index in [0.29, 0.717) is 0 Å². The van der Waals surface area contributed by atoms with Gasteiger partial charge >= 0.3 is 0 Å². The summed E-state index contributed by atoms with van der Waals surface area (Å²) in [6.07, 6.45) is 2.96. The van der Waals surface area contributed by atoms with Crippen LogP contribution in [0.3, 0.4) is 0 Å². The second kappa shape index (κ2) is 7.59. The van der Waals surface area contributed by atoms with Crippen LogP contribution in [0.25, 0.3) is 0 Å². The number of benzene rings is 1. The van der Waals surface area contributed by atoms with E-state index in [-0.39, 0.29) is 18.4 Å². The van der Waals surface area contributed by atoms with Gasteiger partial charge in [-0.25, -0.2) is 0 Å². The standard InChI is InChI=1S/C16H22N4O2/c1-4-9-20-11-17-19-16(20)12(2)18-15(21)10-13-7-5-6-8-14(13)22-3/h5-8,11-12H,4,9-10H2,1-3H3,(H,18,21)/t12-/m0/s1. The van der Waals surface area contributed by atoms with Crippen molar-refractivity contribution in [1.82, 2.24) is 20.1 Å². The lowest BCUT2D eigenvalue weighted by atomic mass is 10.1. The molecule has 0 fully saturated rings. The Balaban J connectivity index is 2.00. The summed E-state index contributed by atoms with van der Waals surface area (Å²) in [5, 5.41) is 11.0. The second-order valence-corrected chi connectivity index (χ2v) is 5.16. The summed E-state index contributed by atoms with van der Waals surface area (Å²) < 4.78 is 7.23. The van der Waals surface area contributed by atoms with Gasteiger partial charge in [0, 0.05) is 12.1 Å². The summed E-state index contributed by atoms with van der Waals surface area (Å²) in [6, 6.07) is 7.34. The Morgan fingerprint density at radius 2 is 2.18 bits per heavy atom. The lowest BCUT2D eigenvalue weighted by molar-refractivity contribution is -0.121. The van der Waals surface area contributed by atoms with Crippen LogP contribution in [0.15, 0.2) is 30.6 Å². The van der Waals surface area contributed by atoms with Crippen molar-refractivity contribution in [1.29, 1.82) is 0 Å². The van der Waals surface area contributed by atoms with Crippen molar-refractivity contribution in [2.45, 2.75) is 39.3 Å². The molecule has 1 N–H and O–H groups in total. The van der Waals surface area contributed by atoms with E-state index in [9.17, 15) is 4.79 Å².